The van der Waals surface area contributed by atoms with Crippen molar-refractivity contribution >= 4 is 38.7 Å². The molecule has 0 spiro atoms. The molecule has 26 heavy (non-hydrogen) atoms. The van der Waals surface area contributed by atoms with Crippen molar-refractivity contribution in [1.29, 1.82) is 0 Å². The van der Waals surface area contributed by atoms with Gasteiger partial charge >= 0.3 is 0 Å². The summed E-state index contributed by atoms with van der Waals surface area (Å²) in [6.45, 7) is 0. The lowest BCUT2D eigenvalue weighted by molar-refractivity contribution is 0.586. The summed E-state index contributed by atoms with van der Waals surface area (Å²) in [5.41, 5.74) is 0.968. The van der Waals surface area contributed by atoms with Crippen LogP contribution >= 0.6 is 11.6 Å². The quantitative estimate of drug-likeness (QED) is 0.628. The molecule has 0 amide bonds. The van der Waals surface area contributed by atoms with Crippen molar-refractivity contribution in [1.82, 2.24) is 0 Å². The fraction of sp³-hybridized carbons (Fsp3) is 0. The topological polar surface area (TPSA) is 58.2 Å². The van der Waals surface area contributed by atoms with E-state index in [1.54, 1.807) is 12.1 Å². The van der Waals surface area contributed by atoms with Gasteiger partial charge in [-0.25, -0.2) is 17.2 Å². The maximum Gasteiger partial charge on any atom is 0.261 e. The summed E-state index contributed by atoms with van der Waals surface area (Å²) in [6.07, 6.45) is 0. The van der Waals surface area contributed by atoms with Gasteiger partial charge in [-0.2, -0.15) is 0 Å². The summed E-state index contributed by atoms with van der Waals surface area (Å²) in [6, 6.07) is 15.2. The molecular formula is C18H13ClF2N2O2S. The van der Waals surface area contributed by atoms with Gasteiger partial charge in [0.2, 0.25) is 0 Å². The van der Waals surface area contributed by atoms with Crippen molar-refractivity contribution in [2.45, 2.75) is 4.90 Å². The highest BCUT2D eigenvalue weighted by Crippen LogP contribution is 2.23. The lowest BCUT2D eigenvalue weighted by Gasteiger charge is -2.11. The van der Waals surface area contributed by atoms with Gasteiger partial charge in [-0.1, -0.05) is 11.6 Å². The Morgan fingerprint density at radius 2 is 1.42 bits per heavy atom. The van der Waals surface area contributed by atoms with Crippen molar-refractivity contribution in [3.63, 3.8) is 0 Å². The van der Waals surface area contributed by atoms with E-state index < -0.39 is 21.7 Å². The van der Waals surface area contributed by atoms with E-state index >= 15 is 0 Å². The minimum Gasteiger partial charge on any atom is -0.353 e. The van der Waals surface area contributed by atoms with E-state index in [1.807, 2.05) is 0 Å². The van der Waals surface area contributed by atoms with E-state index in [0.29, 0.717) is 16.4 Å². The Kier molecular flexibility index (Phi) is 5.11. The molecule has 0 bridgehead atoms. The largest absolute Gasteiger partial charge is 0.353 e. The lowest BCUT2D eigenvalue weighted by Crippen LogP contribution is -2.12. The normalized spacial score (nSPS) is 11.2. The van der Waals surface area contributed by atoms with E-state index in [4.69, 9.17) is 11.6 Å². The molecule has 0 saturated heterocycles. The van der Waals surface area contributed by atoms with Crippen LogP contribution in [0.5, 0.6) is 0 Å². The summed E-state index contributed by atoms with van der Waals surface area (Å²) < 4.78 is 53.6. The van der Waals surface area contributed by atoms with Crippen LogP contribution in [-0.4, -0.2) is 8.42 Å². The number of rotatable bonds is 5. The highest BCUT2D eigenvalue weighted by Gasteiger charge is 2.14. The average molecular weight is 395 g/mol. The molecule has 3 aromatic carbocycles. The van der Waals surface area contributed by atoms with Gasteiger partial charge in [0.05, 0.1) is 10.6 Å². The summed E-state index contributed by atoms with van der Waals surface area (Å²) in [5, 5.41) is 3.23. The minimum absolute atomic E-state index is 0.0810. The van der Waals surface area contributed by atoms with Crippen LogP contribution in [0, 0.1) is 11.6 Å². The van der Waals surface area contributed by atoms with Crippen LogP contribution in [0.25, 0.3) is 0 Å². The highest BCUT2D eigenvalue weighted by molar-refractivity contribution is 7.92. The van der Waals surface area contributed by atoms with Crippen LogP contribution in [0.1, 0.15) is 0 Å². The van der Waals surface area contributed by atoms with E-state index in [1.165, 1.54) is 42.5 Å². The Morgan fingerprint density at radius 1 is 0.808 bits per heavy atom. The molecule has 0 aliphatic rings. The average Bonchev–Trinajstić information content (AvgIpc) is 2.59. The zero-order valence-corrected chi connectivity index (χ0v) is 14.8. The van der Waals surface area contributed by atoms with Crippen LogP contribution in [0.4, 0.5) is 25.8 Å². The Morgan fingerprint density at radius 3 is 2.04 bits per heavy atom. The number of nitrogens with one attached hydrogen (secondary N) is 2. The van der Waals surface area contributed by atoms with Crippen molar-refractivity contribution in [3.05, 3.63) is 83.4 Å². The van der Waals surface area contributed by atoms with Crippen LogP contribution in [0.3, 0.4) is 0 Å². The predicted molar refractivity (Wildman–Crippen MR) is 98.3 cm³/mol. The molecule has 134 valence electrons. The molecule has 8 heteroatoms. The molecule has 0 aromatic heterocycles. The Hall–Kier alpha value is -2.64. The summed E-state index contributed by atoms with van der Waals surface area (Å²) >= 11 is 5.76. The molecular weight excluding hydrogens is 382 g/mol. The summed E-state index contributed by atoms with van der Waals surface area (Å²) in [5.74, 6) is -1.39. The second kappa shape index (κ2) is 7.31. The standard InChI is InChI=1S/C18H13ClF2N2O2S/c19-12-1-8-16(9-2-12)26(24,25)23-15-6-4-14(5-7-15)22-18-10-3-13(20)11-17(18)21/h1-11,22-23H. The maximum atomic E-state index is 13.7. The number of halogens is 3. The number of anilines is 3. The Balaban J connectivity index is 1.74. The first-order valence-electron chi connectivity index (χ1n) is 7.44. The number of sulfonamides is 1. The minimum atomic E-state index is -3.74. The fourth-order valence-electron chi connectivity index (χ4n) is 2.20. The molecule has 0 unspecified atom stereocenters. The Bertz CT molecular complexity index is 1020. The second-order valence-corrected chi connectivity index (χ2v) is 7.50. The van der Waals surface area contributed by atoms with E-state index in [0.717, 1.165) is 12.1 Å². The summed E-state index contributed by atoms with van der Waals surface area (Å²) in [7, 11) is -3.74. The number of hydrogen-bond acceptors (Lipinski definition) is 3. The monoisotopic (exact) mass is 394 g/mol. The molecule has 3 aromatic rings. The molecule has 3 rings (SSSR count). The van der Waals surface area contributed by atoms with Gasteiger partial charge < -0.3 is 5.32 Å². The molecule has 4 nitrogen and oxygen atoms in total. The number of benzene rings is 3. The molecule has 0 radical (unpaired) electrons. The van der Waals surface area contributed by atoms with Gasteiger partial charge in [0, 0.05) is 22.5 Å². The van der Waals surface area contributed by atoms with Crippen LogP contribution < -0.4 is 10.0 Å². The molecule has 2 N–H and O–H groups in total. The van der Waals surface area contributed by atoms with Crippen LogP contribution in [0.2, 0.25) is 5.02 Å². The fourth-order valence-corrected chi connectivity index (χ4v) is 3.38. The molecule has 0 aliphatic heterocycles. The van der Waals surface area contributed by atoms with Crippen molar-refractivity contribution < 1.29 is 17.2 Å². The Labute approximate surface area is 154 Å². The third kappa shape index (κ3) is 4.30. The first-order chi connectivity index (χ1) is 12.3. The molecule has 0 atom stereocenters. The SMILES string of the molecule is O=S(=O)(Nc1ccc(Nc2ccc(F)cc2F)cc1)c1ccc(Cl)cc1. The first kappa shape index (κ1) is 18.2. The van der Waals surface area contributed by atoms with Gasteiger partial charge in [0.15, 0.2) is 0 Å². The van der Waals surface area contributed by atoms with Gasteiger partial charge in [-0.3, -0.25) is 4.72 Å². The third-order valence-electron chi connectivity index (χ3n) is 3.47. The molecule has 0 fully saturated rings. The maximum absolute atomic E-state index is 13.7. The molecule has 0 aliphatic carbocycles. The number of hydrogen-bond donors (Lipinski definition) is 2. The van der Waals surface area contributed by atoms with Crippen LogP contribution in [0.15, 0.2) is 71.6 Å². The molecule has 0 heterocycles. The zero-order valence-electron chi connectivity index (χ0n) is 13.2. The van der Waals surface area contributed by atoms with Gasteiger partial charge in [-0.05, 0) is 60.7 Å². The van der Waals surface area contributed by atoms with Gasteiger partial charge in [0.25, 0.3) is 10.0 Å². The van der Waals surface area contributed by atoms with Gasteiger partial charge in [-0.15, -0.1) is 0 Å². The van der Waals surface area contributed by atoms with E-state index in [9.17, 15) is 17.2 Å². The third-order valence-corrected chi connectivity index (χ3v) is 5.12. The first-order valence-corrected chi connectivity index (χ1v) is 9.30. The van der Waals surface area contributed by atoms with Crippen molar-refractivity contribution in [3.8, 4) is 0 Å². The smallest absolute Gasteiger partial charge is 0.261 e. The van der Waals surface area contributed by atoms with Gasteiger partial charge in [0.1, 0.15) is 11.6 Å². The van der Waals surface area contributed by atoms with E-state index in [2.05, 4.69) is 10.0 Å². The van der Waals surface area contributed by atoms with Crippen LogP contribution in [-0.2, 0) is 10.0 Å². The predicted octanol–water partition coefficient (Wildman–Crippen LogP) is 5.16. The molecule has 0 saturated carbocycles. The van der Waals surface area contributed by atoms with Crippen molar-refractivity contribution in [2.75, 3.05) is 10.0 Å². The second-order valence-electron chi connectivity index (χ2n) is 5.39. The highest BCUT2D eigenvalue weighted by atomic mass is 35.5. The van der Waals surface area contributed by atoms with Crippen molar-refractivity contribution in [2.24, 2.45) is 0 Å². The zero-order chi connectivity index (χ0) is 18.7. The summed E-state index contributed by atoms with van der Waals surface area (Å²) in [4.78, 5) is 0.0810. The lowest BCUT2D eigenvalue weighted by atomic mass is 10.2. The van der Waals surface area contributed by atoms with E-state index in [-0.39, 0.29) is 10.6 Å².